The Morgan fingerprint density at radius 2 is 0.860 bits per heavy atom. The van der Waals surface area contributed by atoms with Crippen molar-refractivity contribution in [3.63, 3.8) is 0 Å². The third-order valence-corrected chi connectivity index (χ3v) is 13.6. The fraction of sp³-hybridized carbons (Fsp3) is 0. The van der Waals surface area contributed by atoms with Gasteiger partial charge < -0.3 is 8.98 Å². The molecule has 0 aliphatic rings. The van der Waals surface area contributed by atoms with Crippen LogP contribution in [-0.2, 0) is 0 Å². The van der Waals surface area contributed by atoms with Crippen molar-refractivity contribution in [2.45, 2.75) is 0 Å². The molecule has 0 unspecified atom stereocenters. The summed E-state index contributed by atoms with van der Waals surface area (Å²) in [5, 5.41) is 5.03. The lowest BCUT2D eigenvalue weighted by molar-refractivity contribution is 0.674. The van der Waals surface area contributed by atoms with E-state index in [2.05, 4.69) is 137 Å². The zero-order valence-corrected chi connectivity index (χ0v) is 35.5. The number of fused-ring (bicyclic) bond motifs is 6. The number of furan rings is 1. The van der Waals surface area contributed by atoms with Crippen molar-refractivity contribution in [1.82, 2.24) is 19.5 Å². The van der Waals surface area contributed by atoms with Gasteiger partial charge in [0.15, 0.2) is 17.5 Å². The van der Waals surface area contributed by atoms with Gasteiger partial charge in [-0.2, -0.15) is 0 Å². The predicted octanol–water partition coefficient (Wildman–Crippen LogP) is -12.8. The maximum atomic E-state index is 7.04. The van der Waals surface area contributed by atoms with Crippen LogP contribution in [0.1, 0.15) is 0 Å². The SMILES string of the molecule is Bc1cc2c(oc3c(B)c(B)c(-n4c5c(B)c(B)c(B)c(B)c5c5c(B)c(B)c(B)c(B)c54)c(B)c32)c(B)c1-c1nc(-c2ccccc2)nc(-c2ccccc2)n1. The molecule has 0 bridgehead atoms. The van der Waals surface area contributed by atoms with Crippen LogP contribution in [0.4, 0.5) is 0 Å². The molecule has 0 atom stereocenters. The maximum absolute atomic E-state index is 7.04. The lowest BCUT2D eigenvalue weighted by atomic mass is 9.63. The van der Waals surface area contributed by atoms with Crippen molar-refractivity contribution in [1.29, 1.82) is 0 Å². The summed E-state index contributed by atoms with van der Waals surface area (Å²) in [7, 11) is 29.5. The van der Waals surface area contributed by atoms with Crippen molar-refractivity contribution in [2.24, 2.45) is 0 Å². The quantitative estimate of drug-likeness (QED) is 0.170. The first-order valence-electron chi connectivity index (χ1n) is 20.1. The second-order valence-corrected chi connectivity index (χ2v) is 16.4. The lowest BCUT2D eigenvalue weighted by Gasteiger charge is -2.22. The molecule has 0 N–H and O–H groups in total. The Balaban J connectivity index is 1.37. The van der Waals surface area contributed by atoms with Crippen LogP contribution in [0.5, 0.6) is 0 Å². The van der Waals surface area contributed by atoms with Crippen LogP contribution in [0, 0.1) is 0 Å². The van der Waals surface area contributed by atoms with E-state index < -0.39 is 0 Å². The first kappa shape index (κ1) is 37.4. The molecule has 18 heteroatoms. The van der Waals surface area contributed by atoms with Crippen molar-refractivity contribution in [2.75, 3.05) is 0 Å². The van der Waals surface area contributed by atoms with Gasteiger partial charge in [-0.15, -0.1) is 10.9 Å². The minimum absolute atomic E-state index is 0.642. The summed E-state index contributed by atoms with van der Waals surface area (Å²) >= 11 is 0. The van der Waals surface area contributed by atoms with E-state index in [0.717, 1.165) is 55.0 Å². The lowest BCUT2D eigenvalue weighted by Crippen LogP contribution is -2.49. The molecule has 0 aliphatic carbocycles. The number of nitrogens with zero attached hydrogens (tertiary/aromatic N) is 4. The van der Waals surface area contributed by atoms with Crippen molar-refractivity contribution >= 4 is 217 Å². The Morgan fingerprint density at radius 1 is 0.404 bits per heavy atom. The summed E-state index contributed by atoms with van der Waals surface area (Å²) in [6.45, 7) is 0. The zero-order chi connectivity index (χ0) is 40.3. The molecule has 0 saturated carbocycles. The molecule has 9 rings (SSSR count). The highest BCUT2D eigenvalue weighted by molar-refractivity contribution is 6.72. The zero-order valence-electron chi connectivity index (χ0n) is 35.5. The van der Waals surface area contributed by atoms with Gasteiger partial charge in [-0.25, -0.2) is 15.0 Å². The fourth-order valence-electron chi connectivity index (χ4n) is 9.63. The van der Waals surface area contributed by atoms with Gasteiger partial charge in [0, 0.05) is 44.2 Å². The predicted molar refractivity (Wildman–Crippen MR) is 284 cm³/mol. The van der Waals surface area contributed by atoms with E-state index in [1.807, 2.05) is 36.4 Å². The van der Waals surface area contributed by atoms with Crippen LogP contribution in [0.2, 0.25) is 0 Å². The highest BCUT2D eigenvalue weighted by Gasteiger charge is 2.28. The summed E-state index contributed by atoms with van der Waals surface area (Å²) in [6, 6.07) is 22.6. The fourth-order valence-corrected chi connectivity index (χ4v) is 9.63. The molecule has 0 saturated heterocycles. The summed E-state index contributed by atoms with van der Waals surface area (Å²) < 4.78 is 9.67. The van der Waals surface area contributed by atoms with E-state index in [-0.39, 0.29) is 0 Å². The van der Waals surface area contributed by atoms with Crippen molar-refractivity contribution in [3.8, 4) is 39.9 Å². The van der Waals surface area contributed by atoms with Crippen molar-refractivity contribution < 1.29 is 4.42 Å². The minimum atomic E-state index is 0.642. The monoisotopic (exact) mass is 720 g/mol. The molecule has 6 aromatic carbocycles. The Bertz CT molecular complexity index is 3090. The summed E-state index contributed by atoms with van der Waals surface area (Å²) in [4.78, 5) is 15.2. The minimum Gasteiger partial charge on any atom is -0.457 e. The summed E-state index contributed by atoms with van der Waals surface area (Å²) in [6.07, 6.45) is 0. The highest BCUT2D eigenvalue weighted by atomic mass is 16.3. The van der Waals surface area contributed by atoms with Gasteiger partial charge in [0.2, 0.25) is 0 Å². The van der Waals surface area contributed by atoms with Gasteiger partial charge in [-0.1, -0.05) is 121 Å². The molecule has 57 heavy (non-hydrogen) atoms. The normalized spacial score (nSPS) is 11.7. The van der Waals surface area contributed by atoms with Gasteiger partial charge in [-0.05, 0) is 16.2 Å². The molecular weight excluding hydrogens is 681 g/mol. The van der Waals surface area contributed by atoms with E-state index >= 15 is 0 Å². The van der Waals surface area contributed by atoms with E-state index in [1.54, 1.807) is 0 Å². The van der Waals surface area contributed by atoms with E-state index in [1.165, 1.54) is 82.1 Å². The number of rotatable bonds is 4. The molecule has 0 spiro atoms. The number of aromatic nitrogens is 4. The first-order valence-corrected chi connectivity index (χ1v) is 20.1. The summed E-state index contributed by atoms with van der Waals surface area (Å²) in [5.74, 6) is 1.93. The molecule has 3 heterocycles. The average molecular weight is 718 g/mol. The topological polar surface area (TPSA) is 56.7 Å². The van der Waals surface area contributed by atoms with Gasteiger partial charge in [0.1, 0.15) is 113 Å². The van der Waals surface area contributed by atoms with Gasteiger partial charge >= 0.3 is 0 Å². The second kappa shape index (κ2) is 13.4. The van der Waals surface area contributed by atoms with Crippen LogP contribution in [0.25, 0.3) is 83.6 Å². The van der Waals surface area contributed by atoms with Crippen LogP contribution in [0.3, 0.4) is 0 Å². The molecule has 0 aliphatic heterocycles. The van der Waals surface area contributed by atoms with Gasteiger partial charge in [0.05, 0.1) is 0 Å². The van der Waals surface area contributed by atoms with E-state index in [4.69, 9.17) is 19.4 Å². The average Bonchev–Trinajstić information content (AvgIpc) is 3.78. The standard InChI is InChI=1S/C39H37B13N4O/c40-15-11-14-16-22(43)34(56-32-18(20(41)24(45)26(47)28(32)49)19-21(42)25(46)27(48)29(50)33(19)56)30(51)31(52)36(16)57-35(14)23(44)17(15)39-54-37(12-7-3-1-4-8-12)53-38(55-39)13-9-5-2-6-10-13/h1-11H,40-52H2. The van der Waals surface area contributed by atoms with Gasteiger partial charge in [0.25, 0.3) is 0 Å². The summed E-state index contributed by atoms with van der Waals surface area (Å²) in [5.41, 5.74) is 25.2. The molecule has 3 aromatic heterocycles. The third kappa shape index (κ3) is 5.31. The van der Waals surface area contributed by atoms with Gasteiger partial charge in [-0.3, -0.25) is 0 Å². The third-order valence-electron chi connectivity index (χ3n) is 13.6. The Morgan fingerprint density at radius 3 is 1.35 bits per heavy atom. The molecule has 5 nitrogen and oxygen atoms in total. The first-order chi connectivity index (χ1) is 27.2. The molecule has 0 radical (unpaired) electrons. The number of hydrogen-bond donors (Lipinski definition) is 0. The second-order valence-electron chi connectivity index (χ2n) is 16.4. The number of benzene rings is 6. The smallest absolute Gasteiger partial charge is 0.164 e. The van der Waals surface area contributed by atoms with E-state index in [9.17, 15) is 0 Å². The highest BCUT2D eigenvalue weighted by Crippen LogP contribution is 2.31. The van der Waals surface area contributed by atoms with E-state index in [0.29, 0.717) is 17.5 Å². The van der Waals surface area contributed by atoms with Crippen molar-refractivity contribution in [3.05, 3.63) is 66.7 Å². The largest absolute Gasteiger partial charge is 0.457 e. The Kier molecular flexibility index (Phi) is 8.80. The molecule has 9 aromatic rings. The maximum Gasteiger partial charge on any atom is 0.164 e. The van der Waals surface area contributed by atoms with Crippen LogP contribution in [0.15, 0.2) is 71.1 Å². The Hall–Kier alpha value is -5.23. The molecule has 0 amide bonds. The molecule has 258 valence electrons. The molecular formula is C39H37B13N4O. The van der Waals surface area contributed by atoms with Crippen LogP contribution in [-0.4, -0.2) is 122 Å². The van der Waals surface area contributed by atoms with Crippen LogP contribution >= 0.6 is 0 Å². The van der Waals surface area contributed by atoms with Crippen LogP contribution < -0.4 is 71.0 Å². The molecule has 0 fully saturated rings. The number of hydrogen-bond acceptors (Lipinski definition) is 4. The Labute approximate surface area is 345 Å².